The molecule has 0 aliphatic heterocycles. The molecule has 3 amide bonds. The van der Waals surface area contributed by atoms with Gasteiger partial charge in [-0.25, -0.2) is 4.79 Å². The van der Waals surface area contributed by atoms with Gasteiger partial charge in [0.1, 0.15) is 5.75 Å². The Balaban J connectivity index is 1.75. The Hall–Kier alpha value is -2.38. The van der Waals surface area contributed by atoms with Crippen LogP contribution in [0.4, 0.5) is 4.79 Å². The first-order chi connectivity index (χ1) is 12.9. The van der Waals surface area contributed by atoms with Crippen LogP contribution in [0.15, 0.2) is 29.6 Å². The highest BCUT2D eigenvalue weighted by atomic mass is 32.1. The summed E-state index contributed by atoms with van der Waals surface area (Å²) in [4.78, 5) is 26.9. The van der Waals surface area contributed by atoms with Gasteiger partial charge in [0, 0.05) is 18.0 Å². The van der Waals surface area contributed by atoms with E-state index in [2.05, 4.69) is 22.8 Å². The zero-order valence-corrected chi connectivity index (χ0v) is 17.1. The van der Waals surface area contributed by atoms with Crippen LogP contribution in [-0.2, 0) is 17.8 Å². The minimum absolute atomic E-state index is 0.141. The van der Waals surface area contributed by atoms with Gasteiger partial charge in [0.25, 0.3) is 0 Å². The molecule has 0 aliphatic carbocycles. The van der Waals surface area contributed by atoms with Crippen molar-refractivity contribution in [3.05, 3.63) is 51.2 Å². The maximum Gasteiger partial charge on any atom is 0.321 e. The van der Waals surface area contributed by atoms with E-state index in [9.17, 15) is 9.59 Å². The van der Waals surface area contributed by atoms with Gasteiger partial charge in [0.15, 0.2) is 0 Å². The zero-order chi connectivity index (χ0) is 19.8. The summed E-state index contributed by atoms with van der Waals surface area (Å²) in [7, 11) is 3.51. The summed E-state index contributed by atoms with van der Waals surface area (Å²) < 4.78 is 5.38. The monoisotopic (exact) mass is 389 g/mol. The number of methoxy groups -OCH3 is 1. The molecule has 0 atom stereocenters. The molecule has 0 aliphatic rings. The van der Waals surface area contributed by atoms with Gasteiger partial charge in [-0.2, -0.15) is 0 Å². The van der Waals surface area contributed by atoms with E-state index < -0.39 is 6.03 Å². The number of hydrogen-bond donors (Lipinski definition) is 2. The summed E-state index contributed by atoms with van der Waals surface area (Å²) in [6.07, 6.45) is 0.759. The van der Waals surface area contributed by atoms with Crippen LogP contribution < -0.4 is 15.4 Å². The van der Waals surface area contributed by atoms with Crippen LogP contribution in [0.1, 0.15) is 21.6 Å². The molecule has 1 heterocycles. The molecular formula is C20H27N3O3S. The molecule has 0 bridgehead atoms. The van der Waals surface area contributed by atoms with E-state index in [1.807, 2.05) is 43.3 Å². The number of nitrogens with zero attached hydrogens (tertiary/aromatic N) is 1. The summed E-state index contributed by atoms with van der Waals surface area (Å²) >= 11 is 1.65. The molecule has 6 nitrogen and oxygen atoms in total. The Bertz CT molecular complexity index is 752. The van der Waals surface area contributed by atoms with Crippen LogP contribution in [0.25, 0.3) is 0 Å². The molecule has 7 heteroatoms. The fourth-order valence-corrected chi connectivity index (χ4v) is 3.74. The number of rotatable bonds is 8. The Morgan fingerprint density at radius 1 is 1.22 bits per heavy atom. The van der Waals surface area contributed by atoms with E-state index >= 15 is 0 Å². The van der Waals surface area contributed by atoms with Gasteiger partial charge in [-0.3, -0.25) is 15.0 Å². The lowest BCUT2D eigenvalue weighted by Gasteiger charge is -2.18. The van der Waals surface area contributed by atoms with Crippen LogP contribution in [0, 0.1) is 13.8 Å². The molecule has 0 unspecified atom stereocenters. The Morgan fingerprint density at radius 3 is 2.52 bits per heavy atom. The van der Waals surface area contributed by atoms with Crippen molar-refractivity contribution < 1.29 is 14.3 Å². The largest absolute Gasteiger partial charge is 0.496 e. The molecule has 1 aromatic carbocycles. The molecule has 2 aromatic rings. The van der Waals surface area contributed by atoms with Gasteiger partial charge in [-0.1, -0.05) is 18.2 Å². The fraction of sp³-hybridized carbons (Fsp3) is 0.400. The van der Waals surface area contributed by atoms with Crippen LogP contribution in [0.2, 0.25) is 0 Å². The summed E-state index contributed by atoms with van der Waals surface area (Å²) in [5.41, 5.74) is 3.23. The van der Waals surface area contributed by atoms with Gasteiger partial charge >= 0.3 is 6.03 Å². The molecule has 0 fully saturated rings. The standard InChI is InChI=1S/C20H27N3O3S/c1-14-10-16(11-15(2)19(14)26-4)12-23(3)13-18(24)22-20(25)21-8-7-17-6-5-9-27-17/h5-6,9-11H,7-8,12-13H2,1-4H3,(H2,21,22,24,25). The highest BCUT2D eigenvalue weighted by Gasteiger charge is 2.12. The lowest BCUT2D eigenvalue weighted by Crippen LogP contribution is -2.44. The number of carbonyl (C=O) groups is 2. The fourth-order valence-electron chi connectivity index (χ4n) is 3.03. The number of nitrogens with one attached hydrogen (secondary N) is 2. The molecule has 0 saturated heterocycles. The molecule has 2 N–H and O–H groups in total. The average Bonchev–Trinajstić information content (AvgIpc) is 3.07. The van der Waals surface area contributed by atoms with Crippen molar-refractivity contribution in [3.8, 4) is 5.75 Å². The van der Waals surface area contributed by atoms with E-state index in [1.54, 1.807) is 18.4 Å². The van der Waals surface area contributed by atoms with Crippen molar-refractivity contribution in [1.82, 2.24) is 15.5 Å². The molecule has 2 rings (SSSR count). The number of likely N-dealkylation sites (N-methyl/N-ethyl adjacent to an activating group) is 1. The molecule has 1 aromatic heterocycles. The van der Waals surface area contributed by atoms with Crippen LogP contribution in [0.5, 0.6) is 5.75 Å². The van der Waals surface area contributed by atoms with Crippen LogP contribution in [-0.4, -0.2) is 44.1 Å². The van der Waals surface area contributed by atoms with E-state index in [0.29, 0.717) is 13.1 Å². The summed E-state index contributed by atoms with van der Waals surface area (Å²) in [6, 6.07) is 7.65. The van der Waals surface area contributed by atoms with E-state index in [0.717, 1.165) is 28.9 Å². The normalized spacial score (nSPS) is 10.7. The number of hydrogen-bond acceptors (Lipinski definition) is 5. The van der Waals surface area contributed by atoms with Crippen LogP contribution >= 0.6 is 11.3 Å². The molecule has 0 radical (unpaired) electrons. The molecule has 0 spiro atoms. The second-order valence-electron chi connectivity index (χ2n) is 6.57. The highest BCUT2D eigenvalue weighted by Crippen LogP contribution is 2.24. The number of amides is 3. The number of imide groups is 1. The second kappa shape index (κ2) is 10.1. The summed E-state index contributed by atoms with van der Waals surface area (Å²) in [5.74, 6) is 0.562. The molecule has 27 heavy (non-hydrogen) atoms. The van der Waals surface area contributed by atoms with Gasteiger partial charge in [-0.15, -0.1) is 11.3 Å². The summed E-state index contributed by atoms with van der Waals surface area (Å²) in [6.45, 7) is 5.26. The Morgan fingerprint density at radius 2 is 1.93 bits per heavy atom. The maximum atomic E-state index is 12.0. The zero-order valence-electron chi connectivity index (χ0n) is 16.3. The summed E-state index contributed by atoms with van der Waals surface area (Å²) in [5, 5.41) is 7.08. The van der Waals surface area contributed by atoms with Crippen LogP contribution in [0.3, 0.4) is 0 Å². The number of urea groups is 1. The lowest BCUT2D eigenvalue weighted by atomic mass is 10.1. The van der Waals surface area contributed by atoms with Gasteiger partial charge in [0.2, 0.25) is 5.91 Å². The topological polar surface area (TPSA) is 70.7 Å². The number of ether oxygens (including phenoxy) is 1. The molecular weight excluding hydrogens is 362 g/mol. The quantitative estimate of drug-likeness (QED) is 0.728. The second-order valence-corrected chi connectivity index (χ2v) is 7.60. The third-order valence-corrected chi connectivity index (χ3v) is 5.02. The third kappa shape index (κ3) is 6.69. The molecule has 0 saturated carbocycles. The third-order valence-electron chi connectivity index (χ3n) is 4.08. The smallest absolute Gasteiger partial charge is 0.321 e. The van der Waals surface area contributed by atoms with E-state index in [1.165, 1.54) is 4.88 Å². The first-order valence-corrected chi connectivity index (χ1v) is 9.69. The lowest BCUT2D eigenvalue weighted by molar-refractivity contribution is -0.120. The van der Waals surface area contributed by atoms with Crippen molar-refractivity contribution in [2.24, 2.45) is 0 Å². The predicted molar refractivity (Wildman–Crippen MR) is 108 cm³/mol. The SMILES string of the molecule is COc1c(C)cc(CN(C)CC(=O)NC(=O)NCCc2cccs2)cc1C. The maximum absolute atomic E-state index is 12.0. The van der Waals surface area contributed by atoms with Gasteiger partial charge < -0.3 is 10.1 Å². The van der Waals surface area contributed by atoms with Crippen molar-refractivity contribution in [2.45, 2.75) is 26.8 Å². The van der Waals surface area contributed by atoms with Crippen molar-refractivity contribution in [1.29, 1.82) is 0 Å². The number of carbonyl (C=O) groups excluding carboxylic acids is 2. The van der Waals surface area contributed by atoms with Gasteiger partial charge in [-0.05, 0) is 55.5 Å². The average molecular weight is 390 g/mol. The number of aryl methyl sites for hydroxylation is 2. The van der Waals surface area contributed by atoms with E-state index in [4.69, 9.17) is 4.74 Å². The van der Waals surface area contributed by atoms with Crippen molar-refractivity contribution in [2.75, 3.05) is 27.2 Å². The van der Waals surface area contributed by atoms with Gasteiger partial charge in [0.05, 0.1) is 13.7 Å². The Labute approximate surface area is 164 Å². The first kappa shape index (κ1) is 20.9. The van der Waals surface area contributed by atoms with E-state index in [-0.39, 0.29) is 12.5 Å². The number of benzene rings is 1. The number of thiophene rings is 1. The van der Waals surface area contributed by atoms with Crippen molar-refractivity contribution in [3.63, 3.8) is 0 Å². The minimum atomic E-state index is -0.457. The van der Waals surface area contributed by atoms with Crippen molar-refractivity contribution >= 4 is 23.3 Å². The molecule has 146 valence electrons. The first-order valence-electron chi connectivity index (χ1n) is 8.81. The Kier molecular flexibility index (Phi) is 7.82. The minimum Gasteiger partial charge on any atom is -0.496 e. The predicted octanol–water partition coefficient (Wildman–Crippen LogP) is 2.87. The highest BCUT2D eigenvalue weighted by molar-refractivity contribution is 7.09.